The summed E-state index contributed by atoms with van der Waals surface area (Å²) >= 11 is 0. The maximum atomic E-state index is 5.55. The maximum Gasteiger partial charge on any atom is 0.123 e. The number of nitrogens with zero attached hydrogens (tertiary/aromatic N) is 1. The fraction of sp³-hybridized carbons (Fsp3) is 0.375. The minimum absolute atomic E-state index is 0.359. The van der Waals surface area contributed by atoms with E-state index in [0.717, 1.165) is 18.8 Å². The first-order chi connectivity index (χ1) is 5.45. The first-order valence-corrected chi connectivity index (χ1v) is 3.72. The highest BCUT2D eigenvalue weighted by Gasteiger charge is 2.17. The molecule has 11 heavy (non-hydrogen) atoms. The molecule has 0 radical (unpaired) electrons. The van der Waals surface area contributed by atoms with E-state index < -0.39 is 0 Å². The molecule has 0 aromatic carbocycles. The van der Waals surface area contributed by atoms with Crippen LogP contribution < -0.4 is 10.1 Å². The lowest BCUT2D eigenvalue weighted by Gasteiger charge is -2.27. The highest BCUT2D eigenvalue weighted by Crippen LogP contribution is 2.10. The molecule has 0 bridgehead atoms. The van der Waals surface area contributed by atoms with Gasteiger partial charge in [0.05, 0.1) is 0 Å². The molecule has 1 aromatic heterocycles. The van der Waals surface area contributed by atoms with Crippen molar-refractivity contribution in [1.29, 1.82) is 0 Å². The van der Waals surface area contributed by atoms with E-state index in [2.05, 4.69) is 10.3 Å². The van der Waals surface area contributed by atoms with E-state index in [9.17, 15) is 0 Å². The minimum atomic E-state index is 0.359. The highest BCUT2D eigenvalue weighted by molar-refractivity contribution is 5.17. The van der Waals surface area contributed by atoms with Crippen molar-refractivity contribution in [2.75, 3.05) is 13.1 Å². The molecule has 2 heterocycles. The Morgan fingerprint density at radius 3 is 2.64 bits per heavy atom. The largest absolute Gasteiger partial charge is 0.488 e. The summed E-state index contributed by atoms with van der Waals surface area (Å²) < 4.78 is 5.55. The number of pyridine rings is 1. The zero-order chi connectivity index (χ0) is 7.52. The molecular formula is C8H10N2O. The first-order valence-electron chi connectivity index (χ1n) is 3.72. The third kappa shape index (κ3) is 1.49. The average Bonchev–Trinajstić information content (AvgIpc) is 1.99. The van der Waals surface area contributed by atoms with Gasteiger partial charge in [-0.2, -0.15) is 0 Å². The highest BCUT2D eigenvalue weighted by atomic mass is 16.5. The van der Waals surface area contributed by atoms with Crippen molar-refractivity contribution < 1.29 is 4.74 Å². The van der Waals surface area contributed by atoms with Gasteiger partial charge in [0.1, 0.15) is 11.9 Å². The summed E-state index contributed by atoms with van der Waals surface area (Å²) in [7, 11) is 0. The smallest absolute Gasteiger partial charge is 0.123 e. The number of hydrogen-bond acceptors (Lipinski definition) is 3. The molecule has 0 saturated carbocycles. The molecule has 0 atom stereocenters. The molecule has 3 heteroatoms. The molecule has 58 valence electrons. The van der Waals surface area contributed by atoms with E-state index in [-0.39, 0.29) is 0 Å². The van der Waals surface area contributed by atoms with Crippen molar-refractivity contribution in [2.45, 2.75) is 6.10 Å². The van der Waals surface area contributed by atoms with Crippen LogP contribution in [0, 0.1) is 0 Å². The summed E-state index contributed by atoms with van der Waals surface area (Å²) in [6.07, 6.45) is 3.83. The third-order valence-corrected chi connectivity index (χ3v) is 1.70. The molecule has 1 N–H and O–H groups in total. The minimum Gasteiger partial charge on any atom is -0.488 e. The predicted octanol–water partition coefficient (Wildman–Crippen LogP) is 0.432. The zero-order valence-corrected chi connectivity index (χ0v) is 6.16. The zero-order valence-electron chi connectivity index (χ0n) is 6.16. The summed E-state index contributed by atoms with van der Waals surface area (Å²) in [5.41, 5.74) is 0. The lowest BCUT2D eigenvalue weighted by atomic mass is 10.2. The van der Waals surface area contributed by atoms with Crippen LogP contribution >= 0.6 is 0 Å². The third-order valence-electron chi connectivity index (χ3n) is 1.70. The molecule has 1 saturated heterocycles. The van der Waals surface area contributed by atoms with E-state index in [1.807, 2.05) is 12.1 Å². The second-order valence-electron chi connectivity index (χ2n) is 2.58. The Morgan fingerprint density at radius 2 is 2.09 bits per heavy atom. The molecule has 0 amide bonds. The molecule has 1 aromatic rings. The van der Waals surface area contributed by atoms with Crippen molar-refractivity contribution in [3.63, 3.8) is 0 Å². The summed E-state index contributed by atoms with van der Waals surface area (Å²) in [6, 6.07) is 3.75. The standard InChI is InChI=1S/C8H10N2O/c1-3-9-4-2-7(1)11-8-5-10-6-8/h1-4,8,10H,5-6H2. The van der Waals surface area contributed by atoms with Gasteiger partial charge < -0.3 is 10.1 Å². The van der Waals surface area contributed by atoms with Crippen molar-refractivity contribution in [3.05, 3.63) is 24.5 Å². The number of ether oxygens (including phenoxy) is 1. The van der Waals surface area contributed by atoms with Crippen LogP contribution in [0.2, 0.25) is 0 Å². The van der Waals surface area contributed by atoms with Crippen LogP contribution in [0.1, 0.15) is 0 Å². The van der Waals surface area contributed by atoms with Crippen molar-refractivity contribution in [1.82, 2.24) is 10.3 Å². The van der Waals surface area contributed by atoms with Gasteiger partial charge in [0, 0.05) is 25.5 Å². The molecule has 0 spiro atoms. The normalized spacial score (nSPS) is 17.5. The first kappa shape index (κ1) is 6.61. The average molecular weight is 150 g/mol. The van der Waals surface area contributed by atoms with E-state index in [0.29, 0.717) is 6.10 Å². The van der Waals surface area contributed by atoms with E-state index >= 15 is 0 Å². The summed E-state index contributed by atoms with van der Waals surface area (Å²) in [4.78, 5) is 3.90. The van der Waals surface area contributed by atoms with E-state index in [1.165, 1.54) is 0 Å². The van der Waals surface area contributed by atoms with Gasteiger partial charge in [0.15, 0.2) is 0 Å². The van der Waals surface area contributed by atoms with Gasteiger partial charge in [-0.15, -0.1) is 0 Å². The second-order valence-corrected chi connectivity index (χ2v) is 2.58. The topological polar surface area (TPSA) is 34.1 Å². The van der Waals surface area contributed by atoms with Crippen LogP contribution in [0.25, 0.3) is 0 Å². The fourth-order valence-corrected chi connectivity index (χ4v) is 0.955. The van der Waals surface area contributed by atoms with Gasteiger partial charge in [-0.1, -0.05) is 0 Å². The van der Waals surface area contributed by atoms with Gasteiger partial charge in [0.25, 0.3) is 0 Å². The Bertz CT molecular complexity index is 221. The second kappa shape index (κ2) is 2.88. The molecule has 0 unspecified atom stereocenters. The summed E-state index contributed by atoms with van der Waals surface area (Å²) in [5.74, 6) is 0.909. The molecule has 3 nitrogen and oxygen atoms in total. The molecule has 2 rings (SSSR count). The van der Waals surface area contributed by atoms with E-state index in [1.54, 1.807) is 12.4 Å². The lowest BCUT2D eigenvalue weighted by Crippen LogP contribution is -2.50. The number of hydrogen-bond donors (Lipinski definition) is 1. The Morgan fingerprint density at radius 1 is 1.36 bits per heavy atom. The molecular weight excluding hydrogens is 140 g/mol. The number of rotatable bonds is 2. The molecule has 1 fully saturated rings. The van der Waals surface area contributed by atoms with Crippen molar-refractivity contribution in [2.24, 2.45) is 0 Å². The maximum absolute atomic E-state index is 5.55. The van der Waals surface area contributed by atoms with Crippen LogP contribution in [0.5, 0.6) is 5.75 Å². The van der Waals surface area contributed by atoms with E-state index in [4.69, 9.17) is 4.74 Å². The number of aromatic nitrogens is 1. The monoisotopic (exact) mass is 150 g/mol. The predicted molar refractivity (Wildman–Crippen MR) is 41.5 cm³/mol. The van der Waals surface area contributed by atoms with Crippen LogP contribution in [-0.4, -0.2) is 24.2 Å². The van der Waals surface area contributed by atoms with Gasteiger partial charge in [-0.25, -0.2) is 0 Å². The lowest BCUT2D eigenvalue weighted by molar-refractivity contribution is 0.142. The molecule has 1 aliphatic rings. The SMILES string of the molecule is c1cc(OC2CNC2)ccn1. The Labute approximate surface area is 65.4 Å². The van der Waals surface area contributed by atoms with Crippen molar-refractivity contribution in [3.8, 4) is 5.75 Å². The quantitative estimate of drug-likeness (QED) is 0.664. The van der Waals surface area contributed by atoms with Crippen molar-refractivity contribution >= 4 is 0 Å². The van der Waals surface area contributed by atoms with Gasteiger partial charge in [0.2, 0.25) is 0 Å². The Hall–Kier alpha value is -1.09. The Balaban J connectivity index is 1.95. The number of nitrogens with one attached hydrogen (secondary N) is 1. The van der Waals surface area contributed by atoms with Gasteiger partial charge in [-0.3, -0.25) is 4.98 Å². The van der Waals surface area contributed by atoms with Crippen LogP contribution in [0.3, 0.4) is 0 Å². The molecule has 1 aliphatic heterocycles. The summed E-state index contributed by atoms with van der Waals surface area (Å²) in [6.45, 7) is 1.92. The van der Waals surface area contributed by atoms with Gasteiger partial charge in [-0.05, 0) is 12.1 Å². The molecule has 0 aliphatic carbocycles. The van der Waals surface area contributed by atoms with Crippen LogP contribution in [0.15, 0.2) is 24.5 Å². The van der Waals surface area contributed by atoms with Gasteiger partial charge >= 0.3 is 0 Å². The van der Waals surface area contributed by atoms with Crippen LogP contribution in [0.4, 0.5) is 0 Å². The fourth-order valence-electron chi connectivity index (χ4n) is 0.955. The van der Waals surface area contributed by atoms with Crippen LogP contribution in [-0.2, 0) is 0 Å². The summed E-state index contributed by atoms with van der Waals surface area (Å²) in [5, 5.41) is 3.14. The Kier molecular flexibility index (Phi) is 1.73.